The van der Waals surface area contributed by atoms with Crippen molar-refractivity contribution < 1.29 is 26.8 Å². The van der Waals surface area contributed by atoms with Crippen LogP contribution < -0.4 is 13.8 Å². The summed E-state index contributed by atoms with van der Waals surface area (Å²) in [6.45, 7) is 3.29. The van der Waals surface area contributed by atoms with Gasteiger partial charge in [-0.1, -0.05) is 0 Å². The van der Waals surface area contributed by atoms with Crippen LogP contribution in [-0.2, 0) is 10.2 Å². The number of hydrogen-bond donors (Lipinski definition) is 0. The van der Waals surface area contributed by atoms with Crippen molar-refractivity contribution in [3.63, 3.8) is 0 Å². The molecule has 1 aliphatic heterocycles. The van der Waals surface area contributed by atoms with E-state index < -0.39 is 16.4 Å². The summed E-state index contributed by atoms with van der Waals surface area (Å²) in [4.78, 5) is 3.91. The van der Waals surface area contributed by atoms with Gasteiger partial charge in [-0.3, -0.25) is 9.29 Å². The summed E-state index contributed by atoms with van der Waals surface area (Å²) in [6, 6.07) is 8.50. The fourth-order valence-electron chi connectivity index (χ4n) is 3.53. The van der Waals surface area contributed by atoms with Crippen molar-refractivity contribution in [2.75, 3.05) is 37.2 Å². The van der Waals surface area contributed by atoms with Crippen LogP contribution in [0.2, 0.25) is 0 Å². The topological polar surface area (TPSA) is 98.0 Å². The van der Waals surface area contributed by atoms with E-state index in [1.807, 2.05) is 6.92 Å². The minimum Gasteiger partial charge on any atom is -0.493 e. The number of ether oxygens (including phenoxy) is 2. The lowest BCUT2D eigenvalue weighted by molar-refractivity contribution is 0.218. The van der Waals surface area contributed by atoms with Crippen molar-refractivity contribution in [1.29, 1.82) is 0 Å². The van der Waals surface area contributed by atoms with Crippen molar-refractivity contribution in [3.8, 4) is 11.6 Å². The molecule has 1 aliphatic rings. The molecule has 0 bridgehead atoms. The first-order valence-corrected chi connectivity index (χ1v) is 11.9. The molecule has 3 heterocycles. The number of anilines is 1. The Balaban J connectivity index is 1.24. The Labute approximate surface area is 185 Å². The minimum atomic E-state index is -3.65. The molecule has 3 aromatic rings. The zero-order valence-electron chi connectivity index (χ0n) is 17.7. The highest BCUT2D eigenvalue weighted by molar-refractivity contribution is 7.90. The van der Waals surface area contributed by atoms with Gasteiger partial charge in [0.2, 0.25) is 0 Å². The van der Waals surface area contributed by atoms with E-state index in [-0.39, 0.29) is 26.0 Å². The number of aromatic nitrogens is 2. The first-order valence-electron chi connectivity index (χ1n) is 10.5. The molecule has 0 saturated carbocycles. The van der Waals surface area contributed by atoms with Crippen molar-refractivity contribution in [2.24, 2.45) is 0 Å². The Morgan fingerprint density at radius 1 is 1.16 bits per heavy atom. The molecule has 0 radical (unpaired) electrons. The van der Waals surface area contributed by atoms with Gasteiger partial charge in [-0.15, -0.1) is 0 Å². The summed E-state index contributed by atoms with van der Waals surface area (Å²) < 4.78 is 58.7. The number of nitrogens with zero attached hydrogens (tertiary/aromatic N) is 4. The molecule has 1 atom stereocenters. The fraction of sp³-hybridized carbons (Fsp3) is 0.429. The van der Waals surface area contributed by atoms with E-state index in [2.05, 4.69) is 10.1 Å². The molecular formula is C21H25FN4O5S. The Morgan fingerprint density at radius 2 is 1.97 bits per heavy atom. The molecule has 0 N–H and O–H groups in total. The molecule has 1 saturated heterocycles. The number of halogens is 1. The minimum absolute atomic E-state index is 0.103. The number of hydrogen-bond acceptors (Lipinski definition) is 7. The zero-order chi connectivity index (χ0) is 22.6. The Hall–Kier alpha value is -2.92. The smallest absolute Gasteiger partial charge is 0.304 e. The number of pyridine rings is 1. The number of fused-ring (bicyclic) bond motifs is 1. The van der Waals surface area contributed by atoms with Gasteiger partial charge in [-0.05, 0) is 42.8 Å². The van der Waals surface area contributed by atoms with E-state index in [0.717, 1.165) is 5.39 Å². The molecule has 4 rings (SSSR count). The molecule has 1 unspecified atom stereocenters. The predicted octanol–water partition coefficient (Wildman–Crippen LogP) is 3.19. The highest BCUT2D eigenvalue weighted by Crippen LogP contribution is 2.29. The van der Waals surface area contributed by atoms with Gasteiger partial charge in [-0.25, -0.2) is 4.39 Å². The third-order valence-corrected chi connectivity index (χ3v) is 7.16. The van der Waals surface area contributed by atoms with Crippen LogP contribution in [-0.4, -0.2) is 61.9 Å². The largest absolute Gasteiger partial charge is 0.493 e. The molecule has 9 nitrogen and oxygen atoms in total. The van der Waals surface area contributed by atoms with Gasteiger partial charge in [0, 0.05) is 44.5 Å². The van der Waals surface area contributed by atoms with Gasteiger partial charge in [0.25, 0.3) is 5.88 Å². The lowest BCUT2D eigenvalue weighted by Gasteiger charge is -2.20. The van der Waals surface area contributed by atoms with Crippen molar-refractivity contribution >= 4 is 26.9 Å². The maximum atomic E-state index is 14.4. The van der Waals surface area contributed by atoms with Gasteiger partial charge in [0.15, 0.2) is 5.58 Å². The SMILES string of the molecule is CCOc1noc2cc(OCCC(F)CCN3CCN(c4ccncc4)S3(=O)=O)ccc12. The Kier molecular flexibility index (Phi) is 6.75. The quantitative estimate of drug-likeness (QED) is 0.454. The molecule has 2 aromatic heterocycles. The highest BCUT2D eigenvalue weighted by atomic mass is 32.2. The van der Waals surface area contributed by atoms with Gasteiger partial charge in [0.1, 0.15) is 11.9 Å². The van der Waals surface area contributed by atoms with Crippen LogP contribution in [0.15, 0.2) is 47.2 Å². The summed E-state index contributed by atoms with van der Waals surface area (Å²) in [7, 11) is -3.65. The molecule has 0 spiro atoms. The first kappa shape index (κ1) is 22.3. The second-order valence-electron chi connectivity index (χ2n) is 7.29. The van der Waals surface area contributed by atoms with E-state index in [9.17, 15) is 12.8 Å². The van der Waals surface area contributed by atoms with Crippen molar-refractivity contribution in [1.82, 2.24) is 14.4 Å². The number of rotatable bonds is 10. The Bertz CT molecular complexity index is 1140. The van der Waals surface area contributed by atoms with Crippen LogP contribution in [0.4, 0.5) is 10.1 Å². The van der Waals surface area contributed by atoms with E-state index in [4.69, 9.17) is 14.0 Å². The van der Waals surface area contributed by atoms with Crippen LogP contribution in [0.3, 0.4) is 0 Å². The lowest BCUT2D eigenvalue weighted by Crippen LogP contribution is -2.34. The second-order valence-corrected chi connectivity index (χ2v) is 9.14. The normalized spacial score (nSPS) is 17.0. The van der Waals surface area contributed by atoms with Gasteiger partial charge in [-0.2, -0.15) is 12.7 Å². The van der Waals surface area contributed by atoms with Gasteiger partial charge in [0.05, 0.1) is 24.3 Å². The second kappa shape index (κ2) is 9.70. The third kappa shape index (κ3) is 4.78. The summed E-state index contributed by atoms with van der Waals surface area (Å²) >= 11 is 0. The van der Waals surface area contributed by atoms with Crippen molar-refractivity contribution in [3.05, 3.63) is 42.7 Å². The van der Waals surface area contributed by atoms with E-state index in [1.54, 1.807) is 42.7 Å². The molecule has 0 amide bonds. The fourth-order valence-corrected chi connectivity index (χ4v) is 5.16. The van der Waals surface area contributed by atoms with Crippen LogP contribution in [0.5, 0.6) is 11.6 Å². The van der Waals surface area contributed by atoms with E-state index >= 15 is 0 Å². The van der Waals surface area contributed by atoms with Gasteiger partial charge < -0.3 is 14.0 Å². The average Bonchev–Trinajstić information content (AvgIpc) is 3.32. The predicted molar refractivity (Wildman–Crippen MR) is 117 cm³/mol. The highest BCUT2D eigenvalue weighted by Gasteiger charge is 2.36. The van der Waals surface area contributed by atoms with Gasteiger partial charge >= 0.3 is 10.2 Å². The molecule has 32 heavy (non-hydrogen) atoms. The number of benzene rings is 1. The monoisotopic (exact) mass is 464 g/mol. The van der Waals surface area contributed by atoms with E-state index in [0.29, 0.717) is 42.6 Å². The Morgan fingerprint density at radius 3 is 2.75 bits per heavy atom. The van der Waals surface area contributed by atoms with Crippen LogP contribution in [0, 0.1) is 0 Å². The molecular weight excluding hydrogens is 439 g/mol. The summed E-state index contributed by atoms with van der Waals surface area (Å²) in [5.41, 5.74) is 1.09. The summed E-state index contributed by atoms with van der Waals surface area (Å²) in [5, 5.41) is 4.61. The standard InChI is InChI=1S/C21H25FN4O5S/c1-2-29-21-19-4-3-18(15-20(19)31-24-21)30-14-8-16(22)7-11-25-12-13-26(32(25,27)28)17-5-9-23-10-6-17/h3-6,9-10,15-16H,2,7-8,11-14H2,1H3. The van der Waals surface area contributed by atoms with Crippen LogP contribution in [0.25, 0.3) is 11.0 Å². The van der Waals surface area contributed by atoms with Crippen LogP contribution in [0.1, 0.15) is 19.8 Å². The maximum Gasteiger partial charge on any atom is 0.304 e. The average molecular weight is 465 g/mol. The molecule has 1 fully saturated rings. The third-order valence-electron chi connectivity index (χ3n) is 5.19. The summed E-state index contributed by atoms with van der Waals surface area (Å²) in [6.07, 6.45) is 2.16. The van der Waals surface area contributed by atoms with Crippen molar-refractivity contribution in [2.45, 2.75) is 25.9 Å². The molecule has 172 valence electrons. The van der Waals surface area contributed by atoms with E-state index in [1.165, 1.54) is 8.61 Å². The molecule has 11 heteroatoms. The molecule has 0 aliphatic carbocycles. The maximum absolute atomic E-state index is 14.4. The lowest BCUT2D eigenvalue weighted by atomic mass is 10.2. The zero-order valence-corrected chi connectivity index (χ0v) is 18.5. The first-order chi connectivity index (χ1) is 15.5. The number of alkyl halides is 1. The molecule has 1 aromatic carbocycles. The summed E-state index contributed by atoms with van der Waals surface area (Å²) in [5.74, 6) is 0.969. The van der Waals surface area contributed by atoms with Crippen LogP contribution >= 0.6 is 0 Å².